The fourth-order valence-electron chi connectivity index (χ4n) is 1.70. The van der Waals surface area contributed by atoms with E-state index in [9.17, 15) is 0 Å². The highest BCUT2D eigenvalue weighted by Crippen LogP contribution is 2.21. The molecule has 0 radical (unpaired) electrons. The van der Waals surface area contributed by atoms with Crippen molar-refractivity contribution in [3.8, 4) is 11.8 Å². The van der Waals surface area contributed by atoms with Crippen LogP contribution in [0.5, 0.6) is 11.8 Å². The zero-order valence-corrected chi connectivity index (χ0v) is 11.8. The van der Waals surface area contributed by atoms with E-state index in [0.717, 1.165) is 24.4 Å². The average molecular weight is 261 g/mol. The predicted molar refractivity (Wildman–Crippen MR) is 73.6 cm³/mol. The van der Waals surface area contributed by atoms with Crippen molar-refractivity contribution in [3.63, 3.8) is 0 Å². The average Bonchev–Trinajstić information content (AvgIpc) is 2.64. The van der Waals surface area contributed by atoms with E-state index in [-0.39, 0.29) is 0 Å². The SMILES string of the molecule is CCCNc1nc(C)cc(Oc2cc(C)nn2C)n1. The summed E-state index contributed by atoms with van der Waals surface area (Å²) in [6, 6.07) is 3.68. The van der Waals surface area contributed by atoms with Gasteiger partial charge in [-0.15, -0.1) is 0 Å². The van der Waals surface area contributed by atoms with Crippen LogP contribution in [0.15, 0.2) is 12.1 Å². The summed E-state index contributed by atoms with van der Waals surface area (Å²) in [5.74, 6) is 1.78. The first-order valence-electron chi connectivity index (χ1n) is 6.36. The van der Waals surface area contributed by atoms with Gasteiger partial charge < -0.3 is 10.1 Å². The molecule has 0 aliphatic heterocycles. The predicted octanol–water partition coefficient (Wildman–Crippen LogP) is 2.44. The number of rotatable bonds is 5. The van der Waals surface area contributed by atoms with Gasteiger partial charge in [0.1, 0.15) is 0 Å². The van der Waals surface area contributed by atoms with Crippen molar-refractivity contribution in [1.82, 2.24) is 19.7 Å². The molecule has 0 spiro atoms. The number of ether oxygens (including phenoxy) is 1. The summed E-state index contributed by atoms with van der Waals surface area (Å²) in [4.78, 5) is 8.65. The second-order valence-corrected chi connectivity index (χ2v) is 4.45. The molecular formula is C13H19N5O. The Balaban J connectivity index is 2.20. The van der Waals surface area contributed by atoms with Crippen LogP contribution < -0.4 is 10.1 Å². The third-order valence-electron chi connectivity index (χ3n) is 2.53. The number of hydrogen-bond acceptors (Lipinski definition) is 5. The fraction of sp³-hybridized carbons (Fsp3) is 0.462. The van der Waals surface area contributed by atoms with E-state index in [2.05, 4.69) is 27.3 Å². The fourth-order valence-corrected chi connectivity index (χ4v) is 1.70. The van der Waals surface area contributed by atoms with Crippen molar-refractivity contribution in [1.29, 1.82) is 0 Å². The Morgan fingerprint density at radius 1 is 1.21 bits per heavy atom. The van der Waals surface area contributed by atoms with Gasteiger partial charge in [-0.1, -0.05) is 6.92 Å². The lowest BCUT2D eigenvalue weighted by Crippen LogP contribution is -2.06. The Morgan fingerprint density at radius 3 is 2.63 bits per heavy atom. The van der Waals surface area contributed by atoms with Crippen molar-refractivity contribution < 1.29 is 4.74 Å². The molecule has 2 aromatic rings. The van der Waals surface area contributed by atoms with Crippen LogP contribution in [0.2, 0.25) is 0 Å². The standard InChI is InChI=1S/C13H19N5O/c1-5-6-14-13-15-9(2)7-11(16-13)19-12-8-10(3)17-18(12)4/h7-8H,5-6H2,1-4H3,(H,14,15,16). The van der Waals surface area contributed by atoms with Gasteiger partial charge in [0.15, 0.2) is 0 Å². The van der Waals surface area contributed by atoms with E-state index in [1.807, 2.05) is 27.0 Å². The first-order chi connectivity index (χ1) is 9.08. The van der Waals surface area contributed by atoms with Crippen LogP contribution in [0.4, 0.5) is 5.95 Å². The normalized spacial score (nSPS) is 10.5. The van der Waals surface area contributed by atoms with E-state index < -0.39 is 0 Å². The van der Waals surface area contributed by atoms with Gasteiger partial charge in [-0.2, -0.15) is 10.1 Å². The van der Waals surface area contributed by atoms with Crippen molar-refractivity contribution in [3.05, 3.63) is 23.5 Å². The number of nitrogens with zero attached hydrogens (tertiary/aromatic N) is 4. The third kappa shape index (κ3) is 3.43. The van der Waals surface area contributed by atoms with Gasteiger partial charge in [-0.05, 0) is 20.3 Å². The van der Waals surface area contributed by atoms with Crippen LogP contribution >= 0.6 is 0 Å². The molecule has 102 valence electrons. The minimum absolute atomic E-state index is 0.522. The Labute approximate surface area is 112 Å². The number of aryl methyl sites for hydroxylation is 3. The summed E-state index contributed by atoms with van der Waals surface area (Å²) >= 11 is 0. The molecule has 19 heavy (non-hydrogen) atoms. The van der Waals surface area contributed by atoms with E-state index in [1.54, 1.807) is 10.7 Å². The molecule has 2 heterocycles. The molecule has 2 aromatic heterocycles. The molecule has 0 fully saturated rings. The molecule has 0 aromatic carbocycles. The van der Waals surface area contributed by atoms with Crippen LogP contribution in [0, 0.1) is 13.8 Å². The zero-order chi connectivity index (χ0) is 13.8. The summed E-state index contributed by atoms with van der Waals surface area (Å²) < 4.78 is 7.43. The monoisotopic (exact) mass is 261 g/mol. The molecule has 2 rings (SSSR count). The molecule has 0 saturated heterocycles. The highest BCUT2D eigenvalue weighted by molar-refractivity contribution is 5.32. The molecule has 0 atom stereocenters. The van der Waals surface area contributed by atoms with Crippen LogP contribution in [0.25, 0.3) is 0 Å². The molecule has 0 saturated carbocycles. The van der Waals surface area contributed by atoms with E-state index in [1.165, 1.54) is 0 Å². The zero-order valence-electron chi connectivity index (χ0n) is 11.8. The second kappa shape index (κ2) is 5.69. The van der Waals surface area contributed by atoms with Crippen molar-refractivity contribution in [2.45, 2.75) is 27.2 Å². The van der Waals surface area contributed by atoms with E-state index in [0.29, 0.717) is 17.7 Å². The maximum absolute atomic E-state index is 5.74. The Bertz CT molecular complexity index is 564. The van der Waals surface area contributed by atoms with Crippen LogP contribution in [-0.2, 0) is 7.05 Å². The molecule has 0 aliphatic carbocycles. The van der Waals surface area contributed by atoms with Gasteiger partial charge in [0.05, 0.1) is 5.69 Å². The summed E-state index contributed by atoms with van der Waals surface area (Å²) in [6.07, 6.45) is 1.02. The molecule has 0 bridgehead atoms. The van der Waals surface area contributed by atoms with Gasteiger partial charge in [0, 0.05) is 31.4 Å². The van der Waals surface area contributed by atoms with Gasteiger partial charge in [0.2, 0.25) is 17.7 Å². The topological polar surface area (TPSA) is 64.9 Å². The number of aromatic nitrogens is 4. The largest absolute Gasteiger partial charge is 0.421 e. The Morgan fingerprint density at radius 2 is 2.00 bits per heavy atom. The third-order valence-corrected chi connectivity index (χ3v) is 2.53. The molecule has 0 aliphatic rings. The maximum atomic E-state index is 5.74. The van der Waals surface area contributed by atoms with E-state index >= 15 is 0 Å². The smallest absolute Gasteiger partial charge is 0.226 e. The Kier molecular flexibility index (Phi) is 3.99. The van der Waals surface area contributed by atoms with Gasteiger partial charge in [-0.25, -0.2) is 9.67 Å². The maximum Gasteiger partial charge on any atom is 0.226 e. The van der Waals surface area contributed by atoms with Crippen molar-refractivity contribution in [2.75, 3.05) is 11.9 Å². The minimum atomic E-state index is 0.522. The first-order valence-corrected chi connectivity index (χ1v) is 6.36. The lowest BCUT2D eigenvalue weighted by atomic mass is 10.4. The second-order valence-electron chi connectivity index (χ2n) is 4.45. The lowest BCUT2D eigenvalue weighted by molar-refractivity contribution is 0.414. The highest BCUT2D eigenvalue weighted by Gasteiger charge is 2.08. The van der Waals surface area contributed by atoms with E-state index in [4.69, 9.17) is 4.74 Å². The van der Waals surface area contributed by atoms with Gasteiger partial charge >= 0.3 is 0 Å². The summed E-state index contributed by atoms with van der Waals surface area (Å²) in [5, 5.41) is 7.39. The number of nitrogens with one attached hydrogen (secondary N) is 1. The summed E-state index contributed by atoms with van der Waals surface area (Å²) in [6.45, 7) is 6.78. The lowest BCUT2D eigenvalue weighted by Gasteiger charge is -2.08. The number of anilines is 1. The molecule has 6 nitrogen and oxygen atoms in total. The Hall–Kier alpha value is -2.11. The molecule has 0 amide bonds. The van der Waals surface area contributed by atoms with Crippen molar-refractivity contribution in [2.24, 2.45) is 7.05 Å². The minimum Gasteiger partial charge on any atom is -0.421 e. The quantitative estimate of drug-likeness (QED) is 0.895. The summed E-state index contributed by atoms with van der Waals surface area (Å²) in [5.41, 5.74) is 1.77. The van der Waals surface area contributed by atoms with Crippen LogP contribution in [0.3, 0.4) is 0 Å². The van der Waals surface area contributed by atoms with Gasteiger partial charge in [-0.3, -0.25) is 0 Å². The van der Waals surface area contributed by atoms with Crippen LogP contribution in [-0.4, -0.2) is 26.3 Å². The molecular weight excluding hydrogens is 242 g/mol. The number of hydrogen-bond donors (Lipinski definition) is 1. The molecule has 1 N–H and O–H groups in total. The summed E-state index contributed by atoms with van der Waals surface area (Å²) in [7, 11) is 1.84. The molecule has 0 unspecified atom stereocenters. The highest BCUT2D eigenvalue weighted by atomic mass is 16.5. The van der Waals surface area contributed by atoms with Crippen LogP contribution in [0.1, 0.15) is 24.7 Å². The first kappa shape index (κ1) is 13.3. The van der Waals surface area contributed by atoms with Gasteiger partial charge in [0.25, 0.3) is 0 Å². The molecule has 6 heteroatoms. The van der Waals surface area contributed by atoms with Crippen molar-refractivity contribution >= 4 is 5.95 Å².